The highest BCUT2D eigenvalue weighted by Crippen LogP contribution is 2.19. The standard InChI is InChI=1S/C15H17NO4/c1-5-10(2)11(3)16-20-13-9-7-6-8-12(13)14(17)15(18)19-4/h5-9H,1-4H3/b10-5+,16-11+. The van der Waals surface area contributed by atoms with Gasteiger partial charge in [-0.2, -0.15) is 0 Å². The van der Waals surface area contributed by atoms with Gasteiger partial charge in [-0.15, -0.1) is 0 Å². The van der Waals surface area contributed by atoms with Crippen molar-refractivity contribution in [2.24, 2.45) is 5.16 Å². The third kappa shape index (κ3) is 3.78. The number of esters is 1. The molecule has 0 amide bonds. The Morgan fingerprint density at radius 1 is 1.20 bits per heavy atom. The lowest BCUT2D eigenvalue weighted by atomic mass is 10.1. The molecule has 1 aromatic rings. The zero-order valence-corrected chi connectivity index (χ0v) is 12.0. The predicted octanol–water partition coefficient (Wildman–Crippen LogP) is 2.76. The minimum Gasteiger partial charge on any atom is -0.463 e. The summed E-state index contributed by atoms with van der Waals surface area (Å²) in [5, 5.41) is 3.94. The molecule has 0 aliphatic heterocycles. The van der Waals surface area contributed by atoms with E-state index < -0.39 is 11.8 Å². The molecule has 1 aromatic carbocycles. The molecule has 0 heterocycles. The summed E-state index contributed by atoms with van der Waals surface area (Å²) < 4.78 is 4.41. The van der Waals surface area contributed by atoms with Crippen molar-refractivity contribution in [2.45, 2.75) is 20.8 Å². The second-order valence-electron chi connectivity index (χ2n) is 4.06. The van der Waals surface area contributed by atoms with Crippen molar-refractivity contribution >= 4 is 17.5 Å². The first-order chi connectivity index (χ1) is 9.51. The summed E-state index contributed by atoms with van der Waals surface area (Å²) >= 11 is 0. The lowest BCUT2D eigenvalue weighted by Crippen LogP contribution is -2.16. The van der Waals surface area contributed by atoms with E-state index in [9.17, 15) is 9.59 Å². The minimum atomic E-state index is -0.939. The fraction of sp³-hybridized carbons (Fsp3) is 0.267. The van der Waals surface area contributed by atoms with E-state index in [1.807, 2.05) is 19.9 Å². The minimum absolute atomic E-state index is 0.119. The Morgan fingerprint density at radius 2 is 1.85 bits per heavy atom. The van der Waals surface area contributed by atoms with Crippen LogP contribution in [0.15, 0.2) is 41.1 Å². The third-order valence-electron chi connectivity index (χ3n) is 2.79. The number of ether oxygens (including phenoxy) is 1. The van der Waals surface area contributed by atoms with Crippen molar-refractivity contribution in [3.05, 3.63) is 41.5 Å². The van der Waals surface area contributed by atoms with Gasteiger partial charge in [0.25, 0.3) is 5.78 Å². The van der Waals surface area contributed by atoms with Crippen LogP contribution in [0.1, 0.15) is 31.1 Å². The summed E-state index contributed by atoms with van der Waals surface area (Å²) in [6.07, 6.45) is 1.90. The van der Waals surface area contributed by atoms with E-state index in [1.165, 1.54) is 6.07 Å². The molecule has 0 N–H and O–H groups in total. The number of Topliss-reactive ketones (excluding diaryl/α,β-unsaturated/α-hetero) is 1. The zero-order chi connectivity index (χ0) is 15.1. The molecule has 1 rings (SSSR count). The Morgan fingerprint density at radius 3 is 2.45 bits per heavy atom. The van der Waals surface area contributed by atoms with E-state index in [2.05, 4.69) is 9.89 Å². The van der Waals surface area contributed by atoms with Gasteiger partial charge in [-0.1, -0.05) is 23.4 Å². The largest absolute Gasteiger partial charge is 0.463 e. The van der Waals surface area contributed by atoms with Crippen molar-refractivity contribution in [3.8, 4) is 5.75 Å². The first-order valence-electron chi connectivity index (χ1n) is 6.07. The van der Waals surface area contributed by atoms with Crippen LogP contribution in [0, 0.1) is 0 Å². The molecule has 0 saturated heterocycles. The van der Waals surface area contributed by atoms with Crippen molar-refractivity contribution in [1.82, 2.24) is 0 Å². The summed E-state index contributed by atoms with van der Waals surface area (Å²) in [7, 11) is 1.15. The number of carbonyl (C=O) groups excluding carboxylic acids is 2. The first-order valence-corrected chi connectivity index (χ1v) is 6.07. The van der Waals surface area contributed by atoms with E-state index in [0.717, 1.165) is 12.7 Å². The van der Waals surface area contributed by atoms with Gasteiger partial charge in [0.15, 0.2) is 5.75 Å². The highest BCUT2D eigenvalue weighted by atomic mass is 16.6. The van der Waals surface area contributed by atoms with Gasteiger partial charge in [0.2, 0.25) is 0 Å². The topological polar surface area (TPSA) is 65.0 Å². The average molecular weight is 275 g/mol. The summed E-state index contributed by atoms with van der Waals surface area (Å²) in [6, 6.07) is 6.38. The van der Waals surface area contributed by atoms with Crippen LogP contribution in [-0.4, -0.2) is 24.6 Å². The molecule has 0 aliphatic carbocycles. The zero-order valence-electron chi connectivity index (χ0n) is 12.0. The molecule has 5 nitrogen and oxygen atoms in total. The number of para-hydroxylation sites is 1. The highest BCUT2D eigenvalue weighted by molar-refractivity contribution is 6.41. The molecule has 20 heavy (non-hydrogen) atoms. The Balaban J connectivity index is 3.03. The van der Waals surface area contributed by atoms with E-state index >= 15 is 0 Å². The van der Waals surface area contributed by atoms with Crippen LogP contribution >= 0.6 is 0 Å². The maximum Gasteiger partial charge on any atom is 0.379 e. The molecule has 0 radical (unpaired) electrons. The van der Waals surface area contributed by atoms with Gasteiger partial charge in [0.05, 0.1) is 18.4 Å². The Bertz CT molecular complexity index is 573. The van der Waals surface area contributed by atoms with Crippen LogP contribution in [-0.2, 0) is 9.53 Å². The van der Waals surface area contributed by atoms with Crippen LogP contribution in [0.25, 0.3) is 0 Å². The Labute approximate surface area is 117 Å². The van der Waals surface area contributed by atoms with Crippen LogP contribution in [0.4, 0.5) is 0 Å². The summed E-state index contributed by atoms with van der Waals surface area (Å²) in [6.45, 7) is 5.58. The molecule has 5 heteroatoms. The van der Waals surface area contributed by atoms with Gasteiger partial charge < -0.3 is 9.57 Å². The van der Waals surface area contributed by atoms with Gasteiger partial charge in [-0.3, -0.25) is 4.79 Å². The molecule has 0 spiro atoms. The predicted molar refractivity (Wildman–Crippen MR) is 76.0 cm³/mol. The molecule has 0 saturated carbocycles. The number of rotatable bonds is 5. The van der Waals surface area contributed by atoms with E-state index in [4.69, 9.17) is 4.84 Å². The molecule has 0 fully saturated rings. The quantitative estimate of drug-likeness (QED) is 0.272. The SMILES string of the molecule is C/C=C(C)/C(C)=N/Oc1ccccc1C(=O)C(=O)OC. The van der Waals surface area contributed by atoms with E-state index in [1.54, 1.807) is 25.1 Å². The van der Waals surface area contributed by atoms with Crippen molar-refractivity contribution < 1.29 is 19.2 Å². The number of benzene rings is 1. The van der Waals surface area contributed by atoms with Crippen LogP contribution < -0.4 is 4.84 Å². The molecular weight excluding hydrogens is 258 g/mol. The van der Waals surface area contributed by atoms with Gasteiger partial charge in [-0.05, 0) is 38.5 Å². The highest BCUT2D eigenvalue weighted by Gasteiger charge is 2.21. The van der Waals surface area contributed by atoms with Crippen molar-refractivity contribution in [1.29, 1.82) is 0 Å². The fourth-order valence-corrected chi connectivity index (χ4v) is 1.34. The number of hydrogen-bond donors (Lipinski definition) is 0. The molecule has 0 bridgehead atoms. The number of oxime groups is 1. The molecule has 0 aliphatic rings. The lowest BCUT2D eigenvalue weighted by molar-refractivity contribution is -0.135. The van der Waals surface area contributed by atoms with Gasteiger partial charge >= 0.3 is 5.97 Å². The smallest absolute Gasteiger partial charge is 0.379 e. The lowest BCUT2D eigenvalue weighted by Gasteiger charge is -2.06. The number of hydrogen-bond acceptors (Lipinski definition) is 5. The van der Waals surface area contributed by atoms with Crippen LogP contribution in [0.3, 0.4) is 0 Å². The number of ketones is 1. The van der Waals surface area contributed by atoms with Gasteiger partial charge in [-0.25, -0.2) is 4.79 Å². The van der Waals surface area contributed by atoms with Crippen molar-refractivity contribution in [3.63, 3.8) is 0 Å². The van der Waals surface area contributed by atoms with Crippen LogP contribution in [0.5, 0.6) is 5.75 Å². The van der Waals surface area contributed by atoms with Gasteiger partial charge in [0.1, 0.15) is 0 Å². The van der Waals surface area contributed by atoms with E-state index in [-0.39, 0.29) is 11.3 Å². The molecule has 0 unspecified atom stereocenters. The Kier molecular flexibility index (Phi) is 5.65. The summed E-state index contributed by atoms with van der Waals surface area (Å²) in [4.78, 5) is 28.4. The first kappa shape index (κ1) is 15.6. The second-order valence-corrected chi connectivity index (χ2v) is 4.06. The number of methoxy groups -OCH3 is 1. The third-order valence-corrected chi connectivity index (χ3v) is 2.79. The monoisotopic (exact) mass is 275 g/mol. The molecular formula is C15H17NO4. The van der Waals surface area contributed by atoms with Gasteiger partial charge in [0, 0.05) is 0 Å². The average Bonchev–Trinajstić information content (AvgIpc) is 2.50. The summed E-state index contributed by atoms with van der Waals surface area (Å²) in [5.74, 6) is -1.49. The number of allylic oxidation sites excluding steroid dienone is 2. The van der Waals surface area contributed by atoms with E-state index in [0.29, 0.717) is 5.71 Å². The second kappa shape index (κ2) is 7.23. The number of nitrogens with zero attached hydrogens (tertiary/aromatic N) is 1. The molecule has 0 atom stereocenters. The number of carbonyl (C=O) groups is 2. The molecule has 0 aromatic heterocycles. The maximum absolute atomic E-state index is 11.8. The fourth-order valence-electron chi connectivity index (χ4n) is 1.34. The van der Waals surface area contributed by atoms with Crippen molar-refractivity contribution in [2.75, 3.05) is 7.11 Å². The van der Waals surface area contributed by atoms with Crippen LogP contribution in [0.2, 0.25) is 0 Å². The molecule has 106 valence electrons. The maximum atomic E-state index is 11.8. The summed E-state index contributed by atoms with van der Waals surface area (Å²) in [5.41, 5.74) is 1.77. The normalized spacial score (nSPS) is 12.0. The Hall–Kier alpha value is -2.43.